The van der Waals surface area contributed by atoms with Crippen molar-refractivity contribution in [2.75, 3.05) is 18.8 Å². The highest BCUT2D eigenvalue weighted by atomic mass is 16.6. The number of hydrogen-bond acceptors (Lipinski definition) is 5. The van der Waals surface area contributed by atoms with Crippen molar-refractivity contribution >= 4 is 22.9 Å². The van der Waals surface area contributed by atoms with Gasteiger partial charge in [0.15, 0.2) is 0 Å². The molecule has 2 N–H and O–H groups in total. The van der Waals surface area contributed by atoms with Gasteiger partial charge in [-0.25, -0.2) is 14.8 Å². The molecule has 3 heterocycles. The Hall–Kier alpha value is -2.31. The number of anilines is 1. The molecule has 1 amide bonds. The van der Waals surface area contributed by atoms with Crippen LogP contribution in [0.4, 0.5) is 10.6 Å². The lowest BCUT2D eigenvalue weighted by Gasteiger charge is -2.24. The Morgan fingerprint density at radius 1 is 1.42 bits per heavy atom. The lowest BCUT2D eigenvalue weighted by Crippen LogP contribution is -2.35. The molecule has 7 nitrogen and oxygen atoms in total. The minimum atomic E-state index is -0.480. The Morgan fingerprint density at radius 3 is 2.83 bits per heavy atom. The maximum absolute atomic E-state index is 12.3. The summed E-state index contributed by atoms with van der Waals surface area (Å²) in [5, 5.41) is 0.927. The van der Waals surface area contributed by atoms with Crippen LogP contribution in [-0.2, 0) is 11.2 Å². The fourth-order valence-corrected chi connectivity index (χ4v) is 3.19. The smallest absolute Gasteiger partial charge is 0.410 e. The summed E-state index contributed by atoms with van der Waals surface area (Å²) in [6.45, 7) is 9.03. The van der Waals surface area contributed by atoms with Crippen molar-refractivity contribution in [2.45, 2.75) is 52.2 Å². The molecule has 7 heteroatoms. The van der Waals surface area contributed by atoms with Gasteiger partial charge in [0.1, 0.15) is 23.4 Å². The van der Waals surface area contributed by atoms with Gasteiger partial charge >= 0.3 is 6.09 Å². The van der Waals surface area contributed by atoms with Crippen LogP contribution in [-0.4, -0.2) is 44.2 Å². The third-order valence-electron chi connectivity index (χ3n) is 4.31. The lowest BCUT2D eigenvalue weighted by atomic mass is 10.2. The van der Waals surface area contributed by atoms with Crippen LogP contribution >= 0.6 is 0 Å². The molecule has 1 unspecified atom stereocenters. The highest BCUT2D eigenvalue weighted by Crippen LogP contribution is 2.31. The van der Waals surface area contributed by atoms with E-state index in [4.69, 9.17) is 10.5 Å². The molecule has 0 saturated carbocycles. The van der Waals surface area contributed by atoms with Gasteiger partial charge in [0.2, 0.25) is 0 Å². The van der Waals surface area contributed by atoms with Crippen molar-refractivity contribution in [1.29, 1.82) is 0 Å². The van der Waals surface area contributed by atoms with E-state index in [2.05, 4.69) is 27.7 Å². The van der Waals surface area contributed by atoms with Gasteiger partial charge in [-0.3, -0.25) is 0 Å². The molecule has 0 aliphatic carbocycles. The summed E-state index contributed by atoms with van der Waals surface area (Å²) in [6.07, 6.45) is 5.07. The van der Waals surface area contributed by atoms with Gasteiger partial charge in [-0.2, -0.15) is 0 Å². The first-order chi connectivity index (χ1) is 11.3. The average Bonchev–Trinajstić information content (AvgIpc) is 3.10. The maximum atomic E-state index is 12.3. The summed E-state index contributed by atoms with van der Waals surface area (Å²) < 4.78 is 7.61. The van der Waals surface area contributed by atoms with E-state index in [-0.39, 0.29) is 12.1 Å². The van der Waals surface area contributed by atoms with E-state index in [1.54, 1.807) is 4.90 Å². The van der Waals surface area contributed by atoms with Gasteiger partial charge in [0.05, 0.1) is 11.4 Å². The molecule has 2 aromatic rings. The Kier molecular flexibility index (Phi) is 4.11. The standard InChI is InChI=1S/C17H25N5O2/c1-5-11-8-22(15-13(11)14(18)19-10-20-15)12-6-7-21(9-12)16(23)24-17(2,3)4/h8,10,12H,5-7,9H2,1-4H3,(H2,18,19,20). The molecular formula is C17H25N5O2. The Bertz CT molecular complexity index is 762. The number of carbonyl (C=O) groups excluding carboxylic acids is 1. The van der Waals surface area contributed by atoms with Crippen molar-refractivity contribution in [3.8, 4) is 0 Å². The van der Waals surface area contributed by atoms with E-state index >= 15 is 0 Å². The van der Waals surface area contributed by atoms with Gasteiger partial charge in [-0.05, 0) is 39.2 Å². The number of fused-ring (bicyclic) bond motifs is 1. The zero-order valence-corrected chi connectivity index (χ0v) is 14.7. The lowest BCUT2D eigenvalue weighted by molar-refractivity contribution is 0.0289. The molecule has 3 rings (SSSR count). The Labute approximate surface area is 141 Å². The molecule has 130 valence electrons. The predicted molar refractivity (Wildman–Crippen MR) is 92.8 cm³/mol. The summed E-state index contributed by atoms with van der Waals surface area (Å²) in [4.78, 5) is 22.6. The molecule has 1 aliphatic heterocycles. The van der Waals surface area contributed by atoms with E-state index in [1.807, 2.05) is 20.8 Å². The topological polar surface area (TPSA) is 86.3 Å². The fraction of sp³-hybridized carbons (Fsp3) is 0.588. The van der Waals surface area contributed by atoms with Gasteiger partial charge in [0.25, 0.3) is 0 Å². The summed E-state index contributed by atoms with van der Waals surface area (Å²) in [5.41, 5.74) is 7.54. The highest BCUT2D eigenvalue weighted by Gasteiger charge is 2.31. The van der Waals surface area contributed by atoms with Crippen LogP contribution in [0.25, 0.3) is 11.0 Å². The first-order valence-electron chi connectivity index (χ1n) is 8.38. The normalized spacial score (nSPS) is 18.3. The highest BCUT2D eigenvalue weighted by molar-refractivity contribution is 5.89. The second-order valence-corrected chi connectivity index (χ2v) is 7.24. The minimum absolute atomic E-state index is 0.176. The van der Waals surface area contributed by atoms with E-state index < -0.39 is 5.60 Å². The molecule has 1 saturated heterocycles. The van der Waals surface area contributed by atoms with E-state index in [0.717, 1.165) is 29.4 Å². The average molecular weight is 331 g/mol. The molecule has 0 radical (unpaired) electrons. The van der Waals surface area contributed by atoms with Crippen LogP contribution < -0.4 is 5.73 Å². The monoisotopic (exact) mass is 331 g/mol. The first kappa shape index (κ1) is 16.5. The van der Waals surface area contributed by atoms with Crippen molar-refractivity contribution in [3.63, 3.8) is 0 Å². The van der Waals surface area contributed by atoms with Gasteiger partial charge in [-0.1, -0.05) is 6.92 Å². The summed E-state index contributed by atoms with van der Waals surface area (Å²) >= 11 is 0. The van der Waals surface area contributed by atoms with Crippen molar-refractivity contribution in [2.24, 2.45) is 0 Å². The number of ether oxygens (including phenoxy) is 1. The number of amides is 1. The van der Waals surface area contributed by atoms with Crippen LogP contribution in [0.3, 0.4) is 0 Å². The zero-order valence-electron chi connectivity index (χ0n) is 14.7. The molecule has 1 aliphatic rings. The third kappa shape index (κ3) is 3.02. The number of aryl methyl sites for hydroxylation is 1. The number of nitrogen functional groups attached to an aromatic ring is 1. The predicted octanol–water partition coefficient (Wildman–Crippen LogP) is 2.76. The maximum Gasteiger partial charge on any atom is 0.410 e. The number of nitrogens with two attached hydrogens (primary N) is 1. The van der Waals surface area contributed by atoms with Gasteiger partial charge < -0.3 is 19.9 Å². The number of nitrogens with zero attached hydrogens (tertiary/aromatic N) is 4. The van der Waals surface area contributed by atoms with E-state index in [1.165, 1.54) is 6.33 Å². The SMILES string of the molecule is CCc1cn(C2CCN(C(=O)OC(C)(C)C)C2)c2ncnc(N)c12. The number of rotatable bonds is 2. The Balaban J connectivity index is 1.85. The van der Waals surface area contributed by atoms with Gasteiger partial charge in [0, 0.05) is 19.3 Å². The number of carbonyl (C=O) groups is 1. The summed E-state index contributed by atoms with van der Waals surface area (Å²) in [5.74, 6) is 0.512. The number of aromatic nitrogens is 3. The number of likely N-dealkylation sites (tertiary alicyclic amines) is 1. The van der Waals surface area contributed by atoms with Crippen molar-refractivity contribution in [1.82, 2.24) is 19.4 Å². The molecule has 1 fully saturated rings. The molecule has 0 aromatic carbocycles. The summed E-state index contributed by atoms with van der Waals surface area (Å²) in [7, 11) is 0. The molecule has 0 spiro atoms. The largest absolute Gasteiger partial charge is 0.444 e. The van der Waals surface area contributed by atoms with E-state index in [9.17, 15) is 4.79 Å². The van der Waals surface area contributed by atoms with Crippen LogP contribution in [0.5, 0.6) is 0 Å². The third-order valence-corrected chi connectivity index (χ3v) is 4.31. The second-order valence-electron chi connectivity index (χ2n) is 7.24. The van der Waals surface area contributed by atoms with Crippen LogP contribution in [0.1, 0.15) is 45.7 Å². The van der Waals surface area contributed by atoms with Gasteiger partial charge in [-0.15, -0.1) is 0 Å². The minimum Gasteiger partial charge on any atom is -0.444 e. The summed E-state index contributed by atoms with van der Waals surface area (Å²) in [6, 6.07) is 0.176. The van der Waals surface area contributed by atoms with E-state index in [0.29, 0.717) is 18.9 Å². The van der Waals surface area contributed by atoms with Crippen LogP contribution in [0.2, 0.25) is 0 Å². The Morgan fingerprint density at radius 2 is 2.17 bits per heavy atom. The molecule has 0 bridgehead atoms. The quantitative estimate of drug-likeness (QED) is 0.914. The van der Waals surface area contributed by atoms with Crippen LogP contribution in [0.15, 0.2) is 12.5 Å². The first-order valence-corrected chi connectivity index (χ1v) is 8.38. The van der Waals surface area contributed by atoms with Crippen molar-refractivity contribution in [3.05, 3.63) is 18.1 Å². The number of hydrogen-bond donors (Lipinski definition) is 1. The second kappa shape index (κ2) is 5.96. The molecule has 1 atom stereocenters. The van der Waals surface area contributed by atoms with Crippen LogP contribution in [0, 0.1) is 0 Å². The molecular weight excluding hydrogens is 306 g/mol. The molecule has 24 heavy (non-hydrogen) atoms. The zero-order chi connectivity index (χ0) is 17.5. The van der Waals surface area contributed by atoms with Crippen molar-refractivity contribution < 1.29 is 9.53 Å². The molecule has 2 aromatic heterocycles. The fourth-order valence-electron chi connectivity index (χ4n) is 3.19.